The Morgan fingerprint density at radius 1 is 0.900 bits per heavy atom. The Morgan fingerprint density at radius 3 is 2.37 bits per heavy atom. The first kappa shape index (κ1) is 22.5. The lowest BCUT2D eigenvalue weighted by Crippen LogP contribution is -2.17. The molecule has 30 heavy (non-hydrogen) atoms. The maximum atomic E-state index is 6.22. The highest BCUT2D eigenvalue weighted by Gasteiger charge is 2.11. The van der Waals surface area contributed by atoms with Crippen LogP contribution in [0.15, 0.2) is 65.1 Å². The molecule has 0 amide bonds. The average molecular weight is 491 g/mol. The van der Waals surface area contributed by atoms with E-state index in [4.69, 9.17) is 25.8 Å². The van der Waals surface area contributed by atoms with Crippen molar-refractivity contribution in [2.75, 3.05) is 20.8 Å². The SMILES string of the molecule is COc1ccc(CCNCc2cc(OC)c(OCc3ccccc3Cl)cc2Br)cc1. The number of methoxy groups -OCH3 is 2. The molecule has 6 heteroatoms. The number of hydrogen-bond acceptors (Lipinski definition) is 4. The molecule has 3 rings (SSSR count). The lowest BCUT2D eigenvalue weighted by atomic mass is 10.1. The van der Waals surface area contributed by atoms with Gasteiger partial charge in [0.25, 0.3) is 0 Å². The predicted octanol–water partition coefficient (Wildman–Crippen LogP) is 6.03. The van der Waals surface area contributed by atoms with Gasteiger partial charge in [-0.3, -0.25) is 0 Å². The summed E-state index contributed by atoms with van der Waals surface area (Å²) in [5, 5.41) is 4.17. The number of benzene rings is 3. The van der Waals surface area contributed by atoms with Crippen LogP contribution in [0.5, 0.6) is 17.2 Å². The van der Waals surface area contributed by atoms with E-state index in [1.807, 2.05) is 48.5 Å². The van der Waals surface area contributed by atoms with Crippen molar-refractivity contribution in [1.82, 2.24) is 5.32 Å². The maximum absolute atomic E-state index is 6.22. The molecule has 4 nitrogen and oxygen atoms in total. The fourth-order valence-electron chi connectivity index (χ4n) is 3.00. The smallest absolute Gasteiger partial charge is 0.162 e. The van der Waals surface area contributed by atoms with Crippen LogP contribution in [0.25, 0.3) is 0 Å². The summed E-state index contributed by atoms with van der Waals surface area (Å²) < 4.78 is 17.7. The number of ether oxygens (including phenoxy) is 3. The third kappa shape index (κ3) is 6.14. The van der Waals surface area contributed by atoms with Crippen molar-refractivity contribution in [3.8, 4) is 17.2 Å². The molecular formula is C24H25BrClNO3. The average Bonchev–Trinajstić information content (AvgIpc) is 2.77. The normalized spacial score (nSPS) is 10.7. The molecule has 0 bridgehead atoms. The van der Waals surface area contributed by atoms with Gasteiger partial charge < -0.3 is 19.5 Å². The molecule has 0 fully saturated rings. The highest BCUT2D eigenvalue weighted by Crippen LogP contribution is 2.34. The Kier molecular flexibility index (Phi) is 8.43. The summed E-state index contributed by atoms with van der Waals surface area (Å²) in [4.78, 5) is 0. The van der Waals surface area contributed by atoms with Gasteiger partial charge in [0.15, 0.2) is 11.5 Å². The fraction of sp³-hybridized carbons (Fsp3) is 0.250. The second kappa shape index (κ2) is 11.3. The highest BCUT2D eigenvalue weighted by molar-refractivity contribution is 9.10. The molecule has 0 aliphatic rings. The Bertz CT molecular complexity index is 963. The van der Waals surface area contributed by atoms with E-state index in [-0.39, 0.29) is 0 Å². The minimum absolute atomic E-state index is 0.377. The first-order valence-corrected chi connectivity index (χ1v) is 10.8. The van der Waals surface area contributed by atoms with Gasteiger partial charge in [0, 0.05) is 21.6 Å². The van der Waals surface area contributed by atoms with Crippen molar-refractivity contribution in [3.05, 3.63) is 86.8 Å². The Hall–Kier alpha value is -2.21. The van der Waals surface area contributed by atoms with Crippen molar-refractivity contribution in [1.29, 1.82) is 0 Å². The predicted molar refractivity (Wildman–Crippen MR) is 125 cm³/mol. The van der Waals surface area contributed by atoms with Gasteiger partial charge >= 0.3 is 0 Å². The second-order valence-corrected chi connectivity index (χ2v) is 8.01. The third-order valence-electron chi connectivity index (χ3n) is 4.74. The fourth-order valence-corrected chi connectivity index (χ4v) is 3.66. The van der Waals surface area contributed by atoms with Gasteiger partial charge in [-0.2, -0.15) is 0 Å². The van der Waals surface area contributed by atoms with Crippen molar-refractivity contribution < 1.29 is 14.2 Å². The van der Waals surface area contributed by atoms with Crippen molar-refractivity contribution in [2.45, 2.75) is 19.6 Å². The monoisotopic (exact) mass is 489 g/mol. The summed E-state index contributed by atoms with van der Waals surface area (Å²) in [5.74, 6) is 2.24. The Labute approximate surface area is 191 Å². The van der Waals surface area contributed by atoms with E-state index in [0.29, 0.717) is 23.1 Å². The van der Waals surface area contributed by atoms with Gasteiger partial charge in [-0.15, -0.1) is 0 Å². The molecule has 3 aromatic rings. The molecule has 0 aromatic heterocycles. The van der Waals surface area contributed by atoms with Crippen LogP contribution in [0, 0.1) is 0 Å². The summed E-state index contributed by atoms with van der Waals surface area (Å²) in [6.07, 6.45) is 0.942. The topological polar surface area (TPSA) is 39.7 Å². The molecule has 0 heterocycles. The van der Waals surface area contributed by atoms with E-state index in [2.05, 4.69) is 33.4 Å². The molecule has 158 valence electrons. The molecule has 0 aliphatic carbocycles. The Balaban J connectivity index is 1.57. The zero-order chi connectivity index (χ0) is 21.3. The minimum Gasteiger partial charge on any atom is -0.497 e. The van der Waals surface area contributed by atoms with Crippen molar-refractivity contribution >= 4 is 27.5 Å². The van der Waals surface area contributed by atoms with Gasteiger partial charge in [-0.25, -0.2) is 0 Å². The van der Waals surface area contributed by atoms with Crippen LogP contribution in [-0.4, -0.2) is 20.8 Å². The van der Waals surface area contributed by atoms with Gasteiger partial charge in [-0.05, 0) is 54.4 Å². The van der Waals surface area contributed by atoms with Crippen LogP contribution >= 0.6 is 27.5 Å². The molecule has 0 saturated carbocycles. The first-order valence-electron chi connectivity index (χ1n) is 9.67. The van der Waals surface area contributed by atoms with E-state index in [1.54, 1.807) is 14.2 Å². The van der Waals surface area contributed by atoms with Gasteiger partial charge in [0.1, 0.15) is 12.4 Å². The van der Waals surface area contributed by atoms with Crippen molar-refractivity contribution in [2.24, 2.45) is 0 Å². The Morgan fingerprint density at radius 2 is 1.67 bits per heavy atom. The second-order valence-electron chi connectivity index (χ2n) is 6.75. The quantitative estimate of drug-likeness (QED) is 0.352. The van der Waals surface area contributed by atoms with Crippen LogP contribution in [-0.2, 0) is 19.6 Å². The molecule has 3 aromatic carbocycles. The van der Waals surface area contributed by atoms with E-state index in [9.17, 15) is 0 Å². The van der Waals surface area contributed by atoms with Crippen LogP contribution in [0.3, 0.4) is 0 Å². The van der Waals surface area contributed by atoms with Crippen LogP contribution in [0.2, 0.25) is 5.02 Å². The van der Waals surface area contributed by atoms with E-state index < -0.39 is 0 Å². The summed E-state index contributed by atoms with van der Waals surface area (Å²) in [5.41, 5.74) is 3.30. The first-order chi connectivity index (χ1) is 14.6. The summed E-state index contributed by atoms with van der Waals surface area (Å²) in [6, 6.07) is 19.7. The van der Waals surface area contributed by atoms with Gasteiger partial charge in [0.05, 0.1) is 14.2 Å². The summed E-state index contributed by atoms with van der Waals surface area (Å²) in [7, 11) is 3.32. The molecule has 1 N–H and O–H groups in total. The number of hydrogen-bond donors (Lipinski definition) is 1. The highest BCUT2D eigenvalue weighted by atomic mass is 79.9. The molecule has 0 unspecified atom stereocenters. The van der Waals surface area contributed by atoms with Crippen LogP contribution in [0.1, 0.15) is 16.7 Å². The van der Waals surface area contributed by atoms with E-state index in [1.165, 1.54) is 5.56 Å². The number of halogens is 2. The number of nitrogens with one attached hydrogen (secondary N) is 1. The maximum Gasteiger partial charge on any atom is 0.162 e. The van der Waals surface area contributed by atoms with Gasteiger partial charge in [-0.1, -0.05) is 57.9 Å². The van der Waals surface area contributed by atoms with Crippen LogP contribution < -0.4 is 19.5 Å². The van der Waals surface area contributed by atoms with Crippen LogP contribution in [0.4, 0.5) is 0 Å². The van der Waals surface area contributed by atoms with Crippen molar-refractivity contribution in [3.63, 3.8) is 0 Å². The molecule has 0 spiro atoms. The minimum atomic E-state index is 0.377. The summed E-state index contributed by atoms with van der Waals surface area (Å²) in [6.45, 7) is 1.96. The number of rotatable bonds is 10. The standard InChI is InChI=1S/C24H25BrClNO3/c1-28-20-9-7-17(8-10-20)11-12-27-15-19-13-23(29-2)24(14-21(19)25)30-16-18-5-3-4-6-22(18)26/h3-10,13-14,27H,11-12,15-16H2,1-2H3. The van der Waals surface area contributed by atoms with E-state index >= 15 is 0 Å². The summed E-state index contributed by atoms with van der Waals surface area (Å²) >= 11 is 9.86. The molecule has 0 atom stereocenters. The largest absolute Gasteiger partial charge is 0.497 e. The third-order valence-corrected chi connectivity index (χ3v) is 5.85. The molecular weight excluding hydrogens is 466 g/mol. The molecule has 0 saturated heterocycles. The van der Waals surface area contributed by atoms with Gasteiger partial charge in [0.2, 0.25) is 0 Å². The zero-order valence-electron chi connectivity index (χ0n) is 17.1. The molecule has 0 radical (unpaired) electrons. The van der Waals surface area contributed by atoms with E-state index in [0.717, 1.165) is 40.9 Å². The zero-order valence-corrected chi connectivity index (χ0v) is 19.4. The molecule has 0 aliphatic heterocycles. The lowest BCUT2D eigenvalue weighted by molar-refractivity contribution is 0.284. The lowest BCUT2D eigenvalue weighted by Gasteiger charge is -2.15.